The number of sulfonamides is 1. The van der Waals surface area contributed by atoms with Gasteiger partial charge in [-0.25, -0.2) is 8.42 Å². The van der Waals surface area contributed by atoms with Gasteiger partial charge in [-0.3, -0.25) is 0 Å². The molecule has 0 atom stereocenters. The van der Waals surface area contributed by atoms with Gasteiger partial charge in [-0.15, -0.1) is 0 Å². The predicted octanol–water partition coefficient (Wildman–Crippen LogP) is 1.90. The molecule has 1 aromatic rings. The van der Waals surface area contributed by atoms with Gasteiger partial charge in [-0.2, -0.15) is 4.31 Å². The summed E-state index contributed by atoms with van der Waals surface area (Å²) < 4.78 is 24.6. The van der Waals surface area contributed by atoms with Crippen LogP contribution in [0.3, 0.4) is 0 Å². The summed E-state index contributed by atoms with van der Waals surface area (Å²) in [6.07, 6.45) is 2.02. The third-order valence-corrected chi connectivity index (χ3v) is 3.92. The van der Waals surface area contributed by atoms with E-state index in [1.165, 1.54) is 10.6 Å². The number of rotatable bonds is 5. The Balaban J connectivity index is 2.65. The van der Waals surface area contributed by atoms with E-state index in [4.69, 9.17) is 0 Å². The molecule has 0 radical (unpaired) electrons. The van der Waals surface area contributed by atoms with Crippen molar-refractivity contribution in [3.63, 3.8) is 0 Å². The molecule has 0 N–H and O–H groups in total. The van der Waals surface area contributed by atoms with Gasteiger partial charge in [0.05, 0.1) is 6.26 Å². The number of hydrogen-bond donors (Lipinski definition) is 0. The van der Waals surface area contributed by atoms with E-state index in [2.05, 4.69) is 0 Å². The lowest BCUT2D eigenvalue weighted by Gasteiger charge is -2.23. The van der Waals surface area contributed by atoms with E-state index in [9.17, 15) is 8.42 Å². The Hall–Kier alpha value is -0.870. The molecule has 0 saturated carbocycles. The standard InChI is InChI=1S/C12H19NO2S/c1-11(2)13(16(3,14)15)10-9-12-7-5-4-6-8-12/h4-8,11H,9-10H2,1-3H3. The second kappa shape index (κ2) is 5.46. The van der Waals surface area contributed by atoms with E-state index in [-0.39, 0.29) is 6.04 Å². The Kier molecular flexibility index (Phi) is 4.50. The SMILES string of the molecule is CC(C)N(CCc1ccccc1)S(C)(=O)=O. The van der Waals surface area contributed by atoms with Crippen LogP contribution < -0.4 is 0 Å². The second-order valence-corrected chi connectivity index (χ2v) is 6.14. The summed E-state index contributed by atoms with van der Waals surface area (Å²) in [5, 5.41) is 0. The summed E-state index contributed by atoms with van der Waals surface area (Å²) in [6.45, 7) is 4.33. The van der Waals surface area contributed by atoms with Gasteiger partial charge in [0.1, 0.15) is 0 Å². The van der Waals surface area contributed by atoms with Crippen LogP contribution in [0.25, 0.3) is 0 Å². The van der Waals surface area contributed by atoms with Crippen LogP contribution in [0.15, 0.2) is 30.3 Å². The molecule has 0 spiro atoms. The Morgan fingerprint density at radius 1 is 1.19 bits per heavy atom. The normalized spacial score (nSPS) is 12.3. The van der Waals surface area contributed by atoms with Crippen molar-refractivity contribution >= 4 is 10.0 Å². The molecule has 3 nitrogen and oxygen atoms in total. The lowest BCUT2D eigenvalue weighted by Crippen LogP contribution is -2.37. The average molecular weight is 241 g/mol. The molecule has 0 bridgehead atoms. The fourth-order valence-corrected chi connectivity index (χ4v) is 2.88. The van der Waals surface area contributed by atoms with Crippen molar-refractivity contribution < 1.29 is 8.42 Å². The number of hydrogen-bond acceptors (Lipinski definition) is 2. The molecule has 0 aliphatic rings. The van der Waals surface area contributed by atoms with Gasteiger partial charge in [0, 0.05) is 12.6 Å². The van der Waals surface area contributed by atoms with Crippen molar-refractivity contribution in [3.8, 4) is 0 Å². The second-order valence-electron chi connectivity index (χ2n) is 4.20. The fourth-order valence-electron chi connectivity index (χ4n) is 1.69. The highest BCUT2D eigenvalue weighted by Crippen LogP contribution is 2.08. The maximum absolute atomic E-state index is 11.5. The zero-order valence-corrected chi connectivity index (χ0v) is 10.9. The molecule has 1 aromatic carbocycles. The Morgan fingerprint density at radius 2 is 1.75 bits per heavy atom. The van der Waals surface area contributed by atoms with Crippen molar-refractivity contribution in [2.24, 2.45) is 0 Å². The largest absolute Gasteiger partial charge is 0.212 e. The zero-order chi connectivity index (χ0) is 12.2. The maximum atomic E-state index is 11.5. The summed E-state index contributed by atoms with van der Waals surface area (Å²) in [5.41, 5.74) is 1.16. The highest BCUT2D eigenvalue weighted by Gasteiger charge is 2.19. The van der Waals surface area contributed by atoms with Crippen LogP contribution in [0.1, 0.15) is 19.4 Å². The van der Waals surface area contributed by atoms with Gasteiger partial charge in [-0.1, -0.05) is 30.3 Å². The highest BCUT2D eigenvalue weighted by atomic mass is 32.2. The summed E-state index contributed by atoms with van der Waals surface area (Å²) in [4.78, 5) is 0. The zero-order valence-electron chi connectivity index (χ0n) is 10.1. The van der Waals surface area contributed by atoms with Crippen molar-refractivity contribution in [1.29, 1.82) is 0 Å². The van der Waals surface area contributed by atoms with E-state index < -0.39 is 10.0 Å². The van der Waals surface area contributed by atoms with Gasteiger partial charge in [0.2, 0.25) is 10.0 Å². The first-order valence-corrected chi connectivity index (χ1v) is 7.27. The van der Waals surface area contributed by atoms with Gasteiger partial charge in [-0.05, 0) is 25.8 Å². The van der Waals surface area contributed by atoms with Crippen LogP contribution in [-0.4, -0.2) is 31.6 Å². The molecule has 0 unspecified atom stereocenters. The lowest BCUT2D eigenvalue weighted by molar-refractivity contribution is 0.360. The molecular weight excluding hydrogens is 222 g/mol. The minimum Gasteiger partial charge on any atom is -0.212 e. The third-order valence-electron chi connectivity index (χ3n) is 2.47. The Morgan fingerprint density at radius 3 is 2.19 bits per heavy atom. The van der Waals surface area contributed by atoms with E-state index in [0.29, 0.717) is 6.54 Å². The molecule has 0 heterocycles. The molecular formula is C12H19NO2S. The first-order chi connectivity index (χ1) is 7.41. The molecule has 16 heavy (non-hydrogen) atoms. The van der Waals surface area contributed by atoms with Gasteiger partial charge in [0.15, 0.2) is 0 Å². The van der Waals surface area contributed by atoms with E-state index >= 15 is 0 Å². The van der Waals surface area contributed by atoms with Gasteiger partial charge >= 0.3 is 0 Å². The van der Waals surface area contributed by atoms with Gasteiger partial charge < -0.3 is 0 Å². The van der Waals surface area contributed by atoms with Crippen LogP contribution in [-0.2, 0) is 16.4 Å². The molecule has 90 valence electrons. The highest BCUT2D eigenvalue weighted by molar-refractivity contribution is 7.88. The molecule has 0 aromatic heterocycles. The molecule has 0 fully saturated rings. The summed E-state index contributed by atoms with van der Waals surface area (Å²) in [5.74, 6) is 0. The molecule has 4 heteroatoms. The Labute approximate surface area is 98.1 Å². The quantitative estimate of drug-likeness (QED) is 0.789. The number of nitrogens with zero attached hydrogens (tertiary/aromatic N) is 1. The summed E-state index contributed by atoms with van der Waals surface area (Å²) >= 11 is 0. The maximum Gasteiger partial charge on any atom is 0.211 e. The van der Waals surface area contributed by atoms with Crippen LogP contribution in [0.2, 0.25) is 0 Å². The monoisotopic (exact) mass is 241 g/mol. The van der Waals surface area contributed by atoms with Crippen LogP contribution in [0, 0.1) is 0 Å². The van der Waals surface area contributed by atoms with Crippen LogP contribution in [0.5, 0.6) is 0 Å². The average Bonchev–Trinajstić information content (AvgIpc) is 2.17. The molecule has 0 aliphatic heterocycles. The summed E-state index contributed by atoms with van der Waals surface area (Å²) in [7, 11) is -3.10. The lowest BCUT2D eigenvalue weighted by atomic mass is 10.1. The van der Waals surface area contributed by atoms with Crippen LogP contribution in [0.4, 0.5) is 0 Å². The van der Waals surface area contributed by atoms with Crippen molar-refractivity contribution in [1.82, 2.24) is 4.31 Å². The van der Waals surface area contributed by atoms with E-state index in [0.717, 1.165) is 12.0 Å². The van der Waals surface area contributed by atoms with Crippen molar-refractivity contribution in [3.05, 3.63) is 35.9 Å². The molecule has 0 aliphatic carbocycles. The third kappa shape index (κ3) is 3.94. The predicted molar refractivity (Wildman–Crippen MR) is 66.8 cm³/mol. The Bertz CT molecular complexity index is 412. The fraction of sp³-hybridized carbons (Fsp3) is 0.500. The summed E-state index contributed by atoms with van der Waals surface area (Å²) in [6, 6.07) is 9.94. The first-order valence-electron chi connectivity index (χ1n) is 5.42. The van der Waals surface area contributed by atoms with E-state index in [1.54, 1.807) is 0 Å². The van der Waals surface area contributed by atoms with E-state index in [1.807, 2.05) is 44.2 Å². The molecule has 1 rings (SSSR count). The molecule has 0 amide bonds. The van der Waals surface area contributed by atoms with Crippen molar-refractivity contribution in [2.75, 3.05) is 12.8 Å². The van der Waals surface area contributed by atoms with Crippen LogP contribution >= 0.6 is 0 Å². The van der Waals surface area contributed by atoms with Crippen molar-refractivity contribution in [2.45, 2.75) is 26.3 Å². The van der Waals surface area contributed by atoms with Gasteiger partial charge in [0.25, 0.3) is 0 Å². The first kappa shape index (κ1) is 13.2. The minimum absolute atomic E-state index is 0.0127. The molecule has 0 saturated heterocycles. The minimum atomic E-state index is -3.10. The smallest absolute Gasteiger partial charge is 0.211 e. The number of benzene rings is 1. The topological polar surface area (TPSA) is 37.4 Å².